The van der Waals surface area contributed by atoms with Crippen LogP contribution in [0.4, 0.5) is 4.79 Å². The van der Waals surface area contributed by atoms with E-state index in [-0.39, 0.29) is 6.03 Å². The fourth-order valence-corrected chi connectivity index (χ4v) is 3.34. The summed E-state index contributed by atoms with van der Waals surface area (Å²) in [6, 6.07) is 0.862. The maximum Gasteiger partial charge on any atom is 0.318 e. The van der Waals surface area contributed by atoms with Crippen molar-refractivity contribution in [3.05, 3.63) is 23.2 Å². The molecule has 2 unspecified atom stereocenters. The van der Waals surface area contributed by atoms with E-state index in [9.17, 15) is 4.79 Å². The standard InChI is InChI=1S/C13H17ClN4O/c14-12-11(15-6-7-16-12)8-17-13(19)18-9-2-1-3-10(18)5-4-9/h6-7,9-10H,1-5,8H2,(H,17,19). The molecular formula is C13H17ClN4O. The Balaban J connectivity index is 1.62. The Morgan fingerprint density at radius 2 is 1.95 bits per heavy atom. The van der Waals surface area contributed by atoms with E-state index >= 15 is 0 Å². The molecule has 5 nitrogen and oxygen atoms in total. The van der Waals surface area contributed by atoms with Gasteiger partial charge in [0.2, 0.25) is 0 Å². The van der Waals surface area contributed by atoms with Crippen molar-refractivity contribution in [2.24, 2.45) is 0 Å². The van der Waals surface area contributed by atoms with Crippen molar-refractivity contribution in [1.82, 2.24) is 20.2 Å². The van der Waals surface area contributed by atoms with Crippen molar-refractivity contribution < 1.29 is 4.79 Å². The minimum Gasteiger partial charge on any atom is -0.332 e. The lowest BCUT2D eigenvalue weighted by atomic mass is 10.0. The first-order valence-corrected chi connectivity index (χ1v) is 7.15. The summed E-state index contributed by atoms with van der Waals surface area (Å²) in [4.78, 5) is 22.4. The summed E-state index contributed by atoms with van der Waals surface area (Å²) in [6.07, 6.45) is 8.92. The molecule has 0 aromatic carbocycles. The summed E-state index contributed by atoms with van der Waals surface area (Å²) < 4.78 is 0. The Morgan fingerprint density at radius 3 is 2.63 bits per heavy atom. The first-order valence-electron chi connectivity index (χ1n) is 6.77. The highest BCUT2D eigenvalue weighted by Crippen LogP contribution is 2.35. The van der Waals surface area contributed by atoms with E-state index in [4.69, 9.17) is 11.6 Å². The summed E-state index contributed by atoms with van der Waals surface area (Å²) >= 11 is 5.92. The second kappa shape index (κ2) is 5.33. The van der Waals surface area contributed by atoms with Crippen LogP contribution in [0.5, 0.6) is 0 Å². The zero-order valence-corrected chi connectivity index (χ0v) is 11.4. The van der Waals surface area contributed by atoms with Crippen molar-refractivity contribution in [2.75, 3.05) is 0 Å². The van der Waals surface area contributed by atoms with Crippen molar-refractivity contribution in [1.29, 1.82) is 0 Å². The molecular weight excluding hydrogens is 264 g/mol. The largest absolute Gasteiger partial charge is 0.332 e. The zero-order valence-electron chi connectivity index (χ0n) is 10.7. The van der Waals surface area contributed by atoms with E-state index in [0.29, 0.717) is 29.5 Å². The van der Waals surface area contributed by atoms with Gasteiger partial charge in [0.25, 0.3) is 0 Å². The van der Waals surface area contributed by atoms with Crippen LogP contribution in [0.25, 0.3) is 0 Å². The van der Waals surface area contributed by atoms with Gasteiger partial charge in [0.05, 0.1) is 12.2 Å². The van der Waals surface area contributed by atoms with E-state index in [1.807, 2.05) is 4.90 Å². The Hall–Kier alpha value is -1.36. The van der Waals surface area contributed by atoms with Gasteiger partial charge < -0.3 is 10.2 Å². The molecule has 1 aromatic rings. The first kappa shape index (κ1) is 12.7. The minimum absolute atomic E-state index is 0.00826. The van der Waals surface area contributed by atoms with E-state index in [1.54, 1.807) is 12.4 Å². The highest BCUT2D eigenvalue weighted by atomic mass is 35.5. The summed E-state index contributed by atoms with van der Waals surface area (Å²) in [5.41, 5.74) is 0.613. The number of rotatable bonds is 2. The molecule has 1 aromatic heterocycles. The number of carbonyl (C=O) groups is 1. The van der Waals surface area contributed by atoms with Crippen molar-refractivity contribution in [3.63, 3.8) is 0 Å². The third kappa shape index (κ3) is 2.52. The third-order valence-corrected chi connectivity index (χ3v) is 4.37. The Morgan fingerprint density at radius 1 is 1.26 bits per heavy atom. The predicted octanol–water partition coefficient (Wildman–Crippen LogP) is 2.36. The normalized spacial score (nSPS) is 25.4. The van der Waals surface area contributed by atoms with Crippen LogP contribution in [0.1, 0.15) is 37.8 Å². The van der Waals surface area contributed by atoms with Gasteiger partial charge in [-0.1, -0.05) is 11.6 Å². The van der Waals surface area contributed by atoms with E-state index in [0.717, 1.165) is 25.7 Å². The molecule has 2 aliphatic rings. The van der Waals surface area contributed by atoms with E-state index in [2.05, 4.69) is 15.3 Å². The van der Waals surface area contributed by atoms with Crippen LogP contribution in [-0.2, 0) is 6.54 Å². The first-order chi connectivity index (χ1) is 9.25. The van der Waals surface area contributed by atoms with Gasteiger partial charge in [-0.2, -0.15) is 0 Å². The van der Waals surface area contributed by atoms with Crippen molar-refractivity contribution >= 4 is 17.6 Å². The average molecular weight is 281 g/mol. The number of fused-ring (bicyclic) bond motifs is 2. The number of piperidine rings is 1. The number of urea groups is 1. The second-order valence-corrected chi connectivity index (χ2v) is 5.53. The maximum absolute atomic E-state index is 12.3. The molecule has 2 saturated heterocycles. The van der Waals surface area contributed by atoms with Gasteiger partial charge in [-0.25, -0.2) is 9.78 Å². The maximum atomic E-state index is 12.3. The van der Waals surface area contributed by atoms with Crippen LogP contribution in [0.2, 0.25) is 5.15 Å². The molecule has 2 bridgehead atoms. The molecule has 2 aliphatic heterocycles. The number of halogens is 1. The Kier molecular flexibility index (Phi) is 3.55. The molecule has 0 aliphatic carbocycles. The van der Waals surface area contributed by atoms with Crippen LogP contribution in [0.15, 0.2) is 12.4 Å². The van der Waals surface area contributed by atoms with Gasteiger partial charge in [0.15, 0.2) is 5.15 Å². The third-order valence-electron chi connectivity index (χ3n) is 4.06. The molecule has 1 N–H and O–H groups in total. The van der Waals surface area contributed by atoms with Crippen LogP contribution in [0.3, 0.4) is 0 Å². The fourth-order valence-electron chi connectivity index (χ4n) is 3.17. The quantitative estimate of drug-likeness (QED) is 0.905. The number of nitrogens with zero attached hydrogens (tertiary/aromatic N) is 3. The number of nitrogens with one attached hydrogen (secondary N) is 1. The monoisotopic (exact) mass is 280 g/mol. The lowest BCUT2D eigenvalue weighted by molar-refractivity contribution is 0.146. The summed E-state index contributed by atoms with van der Waals surface area (Å²) in [5.74, 6) is 0. The van der Waals surface area contributed by atoms with Gasteiger partial charge in [0.1, 0.15) is 0 Å². The van der Waals surface area contributed by atoms with E-state index < -0.39 is 0 Å². The predicted molar refractivity (Wildman–Crippen MR) is 71.8 cm³/mol. The number of hydrogen-bond donors (Lipinski definition) is 1. The molecule has 3 rings (SSSR count). The number of hydrogen-bond acceptors (Lipinski definition) is 3. The zero-order chi connectivity index (χ0) is 13.2. The van der Waals surface area contributed by atoms with Crippen LogP contribution >= 0.6 is 11.6 Å². The summed E-state index contributed by atoms with van der Waals surface area (Å²) in [5, 5.41) is 3.26. The van der Waals surface area contributed by atoms with Gasteiger partial charge in [0, 0.05) is 24.5 Å². The van der Waals surface area contributed by atoms with Gasteiger partial charge in [-0.05, 0) is 32.1 Å². The molecule has 6 heteroatoms. The molecule has 2 amide bonds. The van der Waals surface area contributed by atoms with Gasteiger partial charge in [-0.15, -0.1) is 0 Å². The number of carbonyl (C=O) groups excluding carboxylic acids is 1. The second-order valence-electron chi connectivity index (χ2n) is 5.18. The van der Waals surface area contributed by atoms with Crippen molar-refractivity contribution in [3.8, 4) is 0 Å². The van der Waals surface area contributed by atoms with Gasteiger partial charge >= 0.3 is 6.03 Å². The Bertz CT molecular complexity index is 465. The molecule has 2 fully saturated rings. The lowest BCUT2D eigenvalue weighted by Gasteiger charge is -2.34. The molecule has 2 atom stereocenters. The van der Waals surface area contributed by atoms with E-state index in [1.165, 1.54) is 6.42 Å². The SMILES string of the molecule is O=C(NCc1nccnc1Cl)N1C2CCCC1CC2. The average Bonchev–Trinajstić information content (AvgIpc) is 2.67. The molecule has 0 spiro atoms. The van der Waals surface area contributed by atoms with Gasteiger partial charge in [-0.3, -0.25) is 4.98 Å². The molecule has 19 heavy (non-hydrogen) atoms. The fraction of sp³-hybridized carbons (Fsp3) is 0.615. The molecule has 102 valence electrons. The highest BCUT2D eigenvalue weighted by Gasteiger charge is 2.39. The number of aromatic nitrogens is 2. The molecule has 3 heterocycles. The summed E-state index contributed by atoms with van der Waals surface area (Å²) in [7, 11) is 0. The van der Waals surface area contributed by atoms with Crippen molar-refractivity contribution in [2.45, 2.75) is 50.7 Å². The van der Waals surface area contributed by atoms with Crippen LogP contribution < -0.4 is 5.32 Å². The minimum atomic E-state index is 0.00826. The summed E-state index contributed by atoms with van der Waals surface area (Å²) in [6.45, 7) is 0.335. The van der Waals surface area contributed by atoms with Crippen LogP contribution in [0, 0.1) is 0 Å². The molecule has 0 radical (unpaired) electrons. The Labute approximate surface area is 117 Å². The van der Waals surface area contributed by atoms with Crippen LogP contribution in [-0.4, -0.2) is 33.0 Å². The topological polar surface area (TPSA) is 58.1 Å². The number of amides is 2. The lowest BCUT2D eigenvalue weighted by Crippen LogP contribution is -2.48. The smallest absolute Gasteiger partial charge is 0.318 e. The highest BCUT2D eigenvalue weighted by molar-refractivity contribution is 6.29. The molecule has 0 saturated carbocycles.